The van der Waals surface area contributed by atoms with Gasteiger partial charge in [0, 0.05) is 11.5 Å². The highest BCUT2D eigenvalue weighted by Gasteiger charge is 2.37. The average molecular weight is 258 g/mol. The number of hydrogen-bond acceptors (Lipinski definition) is 2. The summed E-state index contributed by atoms with van der Waals surface area (Å²) in [5.74, 6) is 2.86. The average Bonchev–Trinajstić information content (AvgIpc) is 2.80. The van der Waals surface area contributed by atoms with Crippen LogP contribution in [0.25, 0.3) is 0 Å². The van der Waals surface area contributed by atoms with E-state index in [1.807, 2.05) is 24.3 Å². The molecule has 2 heteroatoms. The molecule has 1 aromatic carbocycles. The number of fused-ring (bicyclic) bond motifs is 1. The summed E-state index contributed by atoms with van der Waals surface area (Å²) in [5, 5.41) is 0. The first-order valence-electron chi connectivity index (χ1n) is 7.40. The maximum atomic E-state index is 12.8. The summed E-state index contributed by atoms with van der Waals surface area (Å²) in [5.41, 5.74) is 1.10. The first-order chi connectivity index (χ1) is 9.15. The Morgan fingerprint density at radius 3 is 2.53 bits per heavy atom. The lowest BCUT2D eigenvalue weighted by Gasteiger charge is -2.31. The Labute approximate surface area is 115 Å². The predicted molar refractivity (Wildman–Crippen MR) is 75.4 cm³/mol. The summed E-state index contributed by atoms with van der Waals surface area (Å²) in [7, 11) is 0. The van der Waals surface area contributed by atoms with Crippen LogP contribution in [-0.4, -0.2) is 12.4 Å². The third kappa shape index (κ3) is 2.41. The number of ketones is 1. The molecule has 1 aromatic rings. The van der Waals surface area contributed by atoms with E-state index in [0.29, 0.717) is 24.2 Å². The number of carbonyl (C=O) groups excluding carboxylic acids is 1. The summed E-state index contributed by atoms with van der Waals surface area (Å²) in [6.45, 7) is 5.08. The van der Waals surface area contributed by atoms with Gasteiger partial charge in [-0.3, -0.25) is 4.79 Å². The van der Waals surface area contributed by atoms with Gasteiger partial charge in [0.05, 0.1) is 5.92 Å². The normalized spacial score (nSPS) is 33.6. The SMILES string of the molecule is CC1CC(C)CC(C(=O)C2COc3ccccc32)C1. The third-order valence-electron chi connectivity index (χ3n) is 4.62. The van der Waals surface area contributed by atoms with Crippen molar-refractivity contribution in [2.75, 3.05) is 6.61 Å². The minimum Gasteiger partial charge on any atom is -0.492 e. The Morgan fingerprint density at radius 1 is 1.11 bits per heavy atom. The van der Waals surface area contributed by atoms with E-state index in [-0.39, 0.29) is 11.8 Å². The lowest BCUT2D eigenvalue weighted by Crippen LogP contribution is -2.30. The van der Waals surface area contributed by atoms with Crippen molar-refractivity contribution >= 4 is 5.78 Å². The van der Waals surface area contributed by atoms with Crippen molar-refractivity contribution in [1.29, 1.82) is 0 Å². The second kappa shape index (κ2) is 4.99. The molecule has 0 amide bonds. The van der Waals surface area contributed by atoms with Gasteiger partial charge < -0.3 is 4.74 Å². The monoisotopic (exact) mass is 258 g/mol. The fraction of sp³-hybridized carbons (Fsp3) is 0.588. The van der Waals surface area contributed by atoms with Gasteiger partial charge >= 0.3 is 0 Å². The van der Waals surface area contributed by atoms with Gasteiger partial charge in [-0.05, 0) is 37.2 Å². The molecule has 1 saturated carbocycles. The molecule has 1 aliphatic heterocycles. The molecule has 19 heavy (non-hydrogen) atoms. The van der Waals surface area contributed by atoms with E-state index in [1.54, 1.807) is 0 Å². The van der Waals surface area contributed by atoms with Crippen LogP contribution in [0.15, 0.2) is 24.3 Å². The zero-order valence-electron chi connectivity index (χ0n) is 11.8. The van der Waals surface area contributed by atoms with Crippen LogP contribution in [0.4, 0.5) is 0 Å². The molecule has 0 bridgehead atoms. The van der Waals surface area contributed by atoms with Crippen molar-refractivity contribution in [2.24, 2.45) is 17.8 Å². The molecule has 0 N–H and O–H groups in total. The van der Waals surface area contributed by atoms with Crippen LogP contribution in [0.5, 0.6) is 5.75 Å². The van der Waals surface area contributed by atoms with Crippen LogP contribution < -0.4 is 4.74 Å². The molecule has 2 nitrogen and oxygen atoms in total. The fourth-order valence-electron chi connectivity index (χ4n) is 3.86. The van der Waals surface area contributed by atoms with E-state index in [0.717, 1.165) is 24.2 Å². The number of carbonyl (C=O) groups is 1. The molecule has 0 spiro atoms. The van der Waals surface area contributed by atoms with Crippen molar-refractivity contribution in [3.05, 3.63) is 29.8 Å². The van der Waals surface area contributed by atoms with E-state index in [4.69, 9.17) is 4.74 Å². The minimum atomic E-state index is -0.0290. The molecule has 3 atom stereocenters. The molecule has 1 aliphatic carbocycles. The molecule has 2 aliphatic rings. The number of hydrogen-bond donors (Lipinski definition) is 0. The van der Waals surface area contributed by atoms with E-state index >= 15 is 0 Å². The Bertz CT molecular complexity index is 470. The molecule has 3 rings (SSSR count). The smallest absolute Gasteiger partial charge is 0.146 e. The summed E-state index contributed by atoms with van der Waals surface area (Å²) in [6, 6.07) is 7.98. The molecule has 1 fully saturated rings. The van der Waals surface area contributed by atoms with Gasteiger partial charge in [-0.1, -0.05) is 32.0 Å². The van der Waals surface area contributed by atoms with Gasteiger partial charge in [-0.15, -0.1) is 0 Å². The first-order valence-corrected chi connectivity index (χ1v) is 7.40. The summed E-state index contributed by atoms with van der Waals surface area (Å²) >= 11 is 0. The number of Topliss-reactive ketones (excluding diaryl/α,β-unsaturated/α-hetero) is 1. The summed E-state index contributed by atoms with van der Waals surface area (Å²) in [6.07, 6.45) is 3.38. The van der Waals surface area contributed by atoms with Gasteiger partial charge in [0.25, 0.3) is 0 Å². The van der Waals surface area contributed by atoms with Crippen molar-refractivity contribution in [3.8, 4) is 5.75 Å². The van der Waals surface area contributed by atoms with E-state index in [9.17, 15) is 4.79 Å². The highest BCUT2D eigenvalue weighted by Crippen LogP contribution is 2.40. The second-order valence-electron chi connectivity index (χ2n) is 6.42. The molecule has 1 heterocycles. The Balaban J connectivity index is 1.78. The van der Waals surface area contributed by atoms with Crippen molar-refractivity contribution in [1.82, 2.24) is 0 Å². The summed E-state index contributed by atoms with van der Waals surface area (Å²) < 4.78 is 5.66. The lowest BCUT2D eigenvalue weighted by atomic mass is 9.72. The van der Waals surface area contributed by atoms with Crippen LogP contribution >= 0.6 is 0 Å². The first kappa shape index (κ1) is 12.7. The van der Waals surface area contributed by atoms with Crippen LogP contribution in [0.2, 0.25) is 0 Å². The fourth-order valence-corrected chi connectivity index (χ4v) is 3.86. The zero-order valence-corrected chi connectivity index (χ0v) is 11.8. The van der Waals surface area contributed by atoms with Crippen LogP contribution in [0.1, 0.15) is 44.6 Å². The number of ether oxygens (including phenoxy) is 1. The zero-order chi connectivity index (χ0) is 13.4. The van der Waals surface area contributed by atoms with Crippen LogP contribution in [-0.2, 0) is 4.79 Å². The molecule has 0 aromatic heterocycles. The Kier molecular flexibility index (Phi) is 3.34. The Morgan fingerprint density at radius 2 is 1.79 bits per heavy atom. The van der Waals surface area contributed by atoms with Crippen LogP contribution in [0.3, 0.4) is 0 Å². The molecule has 0 radical (unpaired) electrons. The van der Waals surface area contributed by atoms with E-state index < -0.39 is 0 Å². The molecule has 3 unspecified atom stereocenters. The molecule has 0 saturated heterocycles. The highest BCUT2D eigenvalue weighted by molar-refractivity contribution is 5.89. The predicted octanol–water partition coefficient (Wildman–Crippen LogP) is 3.80. The third-order valence-corrected chi connectivity index (χ3v) is 4.62. The Hall–Kier alpha value is -1.31. The van der Waals surface area contributed by atoms with E-state index in [2.05, 4.69) is 13.8 Å². The van der Waals surface area contributed by atoms with Gasteiger partial charge in [0.1, 0.15) is 18.1 Å². The molecular weight excluding hydrogens is 236 g/mol. The summed E-state index contributed by atoms with van der Waals surface area (Å²) in [4.78, 5) is 12.8. The van der Waals surface area contributed by atoms with Crippen molar-refractivity contribution in [3.63, 3.8) is 0 Å². The van der Waals surface area contributed by atoms with Crippen molar-refractivity contribution < 1.29 is 9.53 Å². The van der Waals surface area contributed by atoms with Gasteiger partial charge in [0.15, 0.2) is 0 Å². The molecule has 102 valence electrons. The standard InChI is InChI=1S/C17H22O2/c1-11-7-12(2)9-13(8-11)17(18)15-10-19-16-6-4-3-5-14(15)16/h3-6,11-13,15H,7-10H2,1-2H3. The highest BCUT2D eigenvalue weighted by atomic mass is 16.5. The second-order valence-corrected chi connectivity index (χ2v) is 6.42. The number of para-hydroxylation sites is 1. The number of benzene rings is 1. The quantitative estimate of drug-likeness (QED) is 0.806. The van der Waals surface area contributed by atoms with Gasteiger partial charge in [-0.2, -0.15) is 0 Å². The van der Waals surface area contributed by atoms with Gasteiger partial charge in [0.2, 0.25) is 0 Å². The maximum Gasteiger partial charge on any atom is 0.146 e. The molecular formula is C17H22O2. The van der Waals surface area contributed by atoms with Crippen molar-refractivity contribution in [2.45, 2.75) is 39.0 Å². The topological polar surface area (TPSA) is 26.3 Å². The van der Waals surface area contributed by atoms with Crippen LogP contribution in [0, 0.1) is 17.8 Å². The number of rotatable bonds is 2. The maximum absolute atomic E-state index is 12.8. The minimum absolute atomic E-state index is 0.0290. The van der Waals surface area contributed by atoms with E-state index in [1.165, 1.54) is 6.42 Å². The largest absolute Gasteiger partial charge is 0.492 e. The van der Waals surface area contributed by atoms with Gasteiger partial charge in [-0.25, -0.2) is 0 Å². The lowest BCUT2D eigenvalue weighted by molar-refractivity contribution is -0.126.